The van der Waals surface area contributed by atoms with Crippen LogP contribution in [0.15, 0.2) is 40.9 Å². The van der Waals surface area contributed by atoms with Crippen LogP contribution in [0.3, 0.4) is 0 Å². The van der Waals surface area contributed by atoms with E-state index < -0.39 is 11.7 Å². The SMILES string of the molecule is CC1(C)CC(=O)C(C2C3=C(CC(C)(C)CC3=O)Oc3ccc(F)cc32)=C(O)C1. The molecule has 0 bridgehead atoms. The molecule has 0 saturated carbocycles. The van der Waals surface area contributed by atoms with Crippen molar-refractivity contribution in [3.8, 4) is 5.75 Å². The van der Waals surface area contributed by atoms with Gasteiger partial charge in [0.2, 0.25) is 0 Å². The lowest BCUT2D eigenvalue weighted by molar-refractivity contribution is -0.119. The lowest BCUT2D eigenvalue weighted by Gasteiger charge is -2.40. The van der Waals surface area contributed by atoms with Gasteiger partial charge in [0.25, 0.3) is 0 Å². The van der Waals surface area contributed by atoms with Crippen LogP contribution < -0.4 is 4.74 Å². The zero-order chi connectivity index (χ0) is 20.4. The molecule has 1 N–H and O–H groups in total. The van der Waals surface area contributed by atoms with Gasteiger partial charge in [-0.25, -0.2) is 4.39 Å². The van der Waals surface area contributed by atoms with Gasteiger partial charge in [-0.1, -0.05) is 27.7 Å². The van der Waals surface area contributed by atoms with E-state index in [0.717, 1.165) is 0 Å². The van der Waals surface area contributed by atoms with Crippen LogP contribution in [0.5, 0.6) is 5.75 Å². The molecule has 4 rings (SSSR count). The Labute approximate surface area is 164 Å². The number of aliphatic hydroxyl groups excluding tert-OH is 1. The number of carbonyl (C=O) groups is 2. The molecule has 0 spiro atoms. The number of rotatable bonds is 1. The Morgan fingerprint density at radius 2 is 1.57 bits per heavy atom. The van der Waals surface area contributed by atoms with Crippen LogP contribution >= 0.6 is 0 Å². The smallest absolute Gasteiger partial charge is 0.163 e. The Bertz CT molecular complexity index is 965. The molecule has 0 radical (unpaired) electrons. The van der Waals surface area contributed by atoms with E-state index in [0.29, 0.717) is 41.9 Å². The fraction of sp³-hybridized carbons (Fsp3) is 0.478. The molecule has 148 valence electrons. The summed E-state index contributed by atoms with van der Waals surface area (Å²) in [6.45, 7) is 7.85. The van der Waals surface area contributed by atoms with Crippen LogP contribution in [0.2, 0.25) is 0 Å². The first-order valence-corrected chi connectivity index (χ1v) is 9.66. The minimum atomic E-state index is -0.776. The maximum Gasteiger partial charge on any atom is 0.163 e. The van der Waals surface area contributed by atoms with Crippen molar-refractivity contribution in [2.75, 3.05) is 0 Å². The number of benzene rings is 1. The summed E-state index contributed by atoms with van der Waals surface area (Å²) < 4.78 is 20.1. The maximum absolute atomic E-state index is 14.1. The Morgan fingerprint density at radius 1 is 0.964 bits per heavy atom. The topological polar surface area (TPSA) is 63.6 Å². The van der Waals surface area contributed by atoms with E-state index in [4.69, 9.17) is 4.74 Å². The van der Waals surface area contributed by atoms with Crippen molar-refractivity contribution in [1.82, 2.24) is 0 Å². The zero-order valence-corrected chi connectivity index (χ0v) is 16.7. The highest BCUT2D eigenvalue weighted by Crippen LogP contribution is 2.52. The molecule has 0 saturated heterocycles. The highest BCUT2D eigenvalue weighted by Gasteiger charge is 2.46. The normalized spacial score (nSPS) is 26.0. The highest BCUT2D eigenvalue weighted by molar-refractivity contribution is 6.06. The van der Waals surface area contributed by atoms with E-state index in [9.17, 15) is 19.1 Å². The predicted octanol–water partition coefficient (Wildman–Crippen LogP) is 5.15. The summed E-state index contributed by atoms with van der Waals surface area (Å²) in [7, 11) is 0. The Balaban J connectivity index is 1.95. The molecular weight excluding hydrogens is 359 g/mol. The van der Waals surface area contributed by atoms with Gasteiger partial charge in [-0.2, -0.15) is 0 Å². The summed E-state index contributed by atoms with van der Waals surface area (Å²) >= 11 is 0. The third-order valence-corrected chi connectivity index (χ3v) is 5.87. The molecule has 1 aliphatic heterocycles. The summed E-state index contributed by atoms with van der Waals surface area (Å²) in [5.74, 6) is -0.584. The zero-order valence-electron chi connectivity index (χ0n) is 16.7. The number of aliphatic hydroxyl groups is 1. The molecule has 0 amide bonds. The molecule has 1 heterocycles. The second-order valence-corrected chi connectivity index (χ2v) is 9.80. The first kappa shape index (κ1) is 18.9. The molecule has 0 fully saturated rings. The standard InChI is InChI=1S/C23H25FO4/c1-22(2)8-14(25)20(15(26)9-22)19-13-7-12(24)5-6-17(13)28-18-11-23(3,4)10-16(27)21(18)19/h5-7,19,25H,8-11H2,1-4H3. The summed E-state index contributed by atoms with van der Waals surface area (Å²) in [6, 6.07) is 4.14. The van der Waals surface area contributed by atoms with Gasteiger partial charge in [-0.15, -0.1) is 0 Å². The summed E-state index contributed by atoms with van der Waals surface area (Å²) in [6.07, 6.45) is 1.49. The lowest BCUT2D eigenvalue weighted by atomic mass is 9.66. The first-order valence-electron chi connectivity index (χ1n) is 9.66. The van der Waals surface area contributed by atoms with Crippen LogP contribution in [0, 0.1) is 16.6 Å². The van der Waals surface area contributed by atoms with Gasteiger partial charge < -0.3 is 9.84 Å². The van der Waals surface area contributed by atoms with Crippen molar-refractivity contribution in [3.05, 3.63) is 52.2 Å². The van der Waals surface area contributed by atoms with Gasteiger partial charge in [0.1, 0.15) is 23.1 Å². The van der Waals surface area contributed by atoms with Crippen molar-refractivity contribution < 1.29 is 23.8 Å². The van der Waals surface area contributed by atoms with Crippen LogP contribution in [0.4, 0.5) is 4.39 Å². The van der Waals surface area contributed by atoms with Crippen molar-refractivity contribution in [3.63, 3.8) is 0 Å². The van der Waals surface area contributed by atoms with Crippen molar-refractivity contribution in [2.24, 2.45) is 10.8 Å². The molecule has 1 aromatic carbocycles. The van der Waals surface area contributed by atoms with Gasteiger partial charge in [-0.05, 0) is 29.0 Å². The average molecular weight is 384 g/mol. The highest BCUT2D eigenvalue weighted by atomic mass is 19.1. The number of carbonyl (C=O) groups excluding carboxylic acids is 2. The average Bonchev–Trinajstić information content (AvgIpc) is 2.51. The fourth-order valence-electron chi connectivity index (χ4n) is 4.75. The summed E-state index contributed by atoms with van der Waals surface area (Å²) in [5.41, 5.74) is 0.437. The minimum absolute atomic E-state index is 0.00663. The van der Waals surface area contributed by atoms with E-state index >= 15 is 0 Å². The summed E-state index contributed by atoms with van der Waals surface area (Å²) in [5, 5.41) is 10.8. The van der Waals surface area contributed by atoms with Gasteiger partial charge in [0.15, 0.2) is 11.6 Å². The maximum atomic E-state index is 14.1. The number of hydrogen-bond acceptors (Lipinski definition) is 4. The van der Waals surface area contributed by atoms with Crippen LogP contribution in [-0.2, 0) is 9.59 Å². The number of ether oxygens (including phenoxy) is 1. The molecule has 0 aromatic heterocycles. The molecule has 4 nitrogen and oxygen atoms in total. The lowest BCUT2D eigenvalue weighted by Crippen LogP contribution is -2.36. The van der Waals surface area contributed by atoms with Crippen LogP contribution in [-0.4, -0.2) is 16.7 Å². The van der Waals surface area contributed by atoms with E-state index in [1.807, 2.05) is 27.7 Å². The molecular formula is C23H25FO4. The van der Waals surface area contributed by atoms with Crippen LogP contribution in [0.25, 0.3) is 0 Å². The van der Waals surface area contributed by atoms with Gasteiger partial charge >= 0.3 is 0 Å². The monoisotopic (exact) mass is 384 g/mol. The molecule has 28 heavy (non-hydrogen) atoms. The minimum Gasteiger partial charge on any atom is -0.512 e. The van der Waals surface area contributed by atoms with Crippen molar-refractivity contribution in [1.29, 1.82) is 0 Å². The second-order valence-electron chi connectivity index (χ2n) is 9.80. The van der Waals surface area contributed by atoms with E-state index in [2.05, 4.69) is 0 Å². The number of allylic oxidation sites excluding steroid dienone is 4. The van der Waals surface area contributed by atoms with Gasteiger partial charge in [0, 0.05) is 42.4 Å². The first-order chi connectivity index (χ1) is 13.0. The van der Waals surface area contributed by atoms with E-state index in [-0.39, 0.29) is 40.1 Å². The van der Waals surface area contributed by atoms with Gasteiger partial charge in [-0.3, -0.25) is 9.59 Å². The number of ketones is 2. The number of fused-ring (bicyclic) bond motifs is 1. The van der Waals surface area contributed by atoms with E-state index in [1.54, 1.807) is 0 Å². The molecule has 5 heteroatoms. The van der Waals surface area contributed by atoms with Crippen molar-refractivity contribution in [2.45, 2.75) is 59.3 Å². The quantitative estimate of drug-likeness (QED) is 0.728. The molecule has 3 aliphatic rings. The third-order valence-electron chi connectivity index (χ3n) is 5.87. The Hall–Kier alpha value is -2.43. The number of Topliss-reactive ketones (excluding diaryl/α,β-unsaturated/α-hetero) is 2. The fourth-order valence-corrected chi connectivity index (χ4v) is 4.75. The Kier molecular flexibility index (Phi) is 4.07. The van der Waals surface area contributed by atoms with Crippen LogP contribution in [0.1, 0.15) is 64.9 Å². The second kappa shape index (κ2) is 6.03. The third kappa shape index (κ3) is 3.07. The number of hydrogen-bond donors (Lipinski definition) is 1. The summed E-state index contributed by atoms with van der Waals surface area (Å²) in [4.78, 5) is 26.1. The molecule has 1 unspecified atom stereocenters. The predicted molar refractivity (Wildman–Crippen MR) is 102 cm³/mol. The number of halogens is 1. The van der Waals surface area contributed by atoms with E-state index in [1.165, 1.54) is 18.2 Å². The van der Waals surface area contributed by atoms with Gasteiger partial charge in [0.05, 0.1) is 5.92 Å². The Morgan fingerprint density at radius 3 is 2.21 bits per heavy atom. The molecule has 1 atom stereocenters. The molecule has 2 aliphatic carbocycles. The molecule has 1 aromatic rings. The largest absolute Gasteiger partial charge is 0.512 e. The van der Waals surface area contributed by atoms with Crippen molar-refractivity contribution >= 4 is 11.6 Å².